The molecule has 2 aliphatic heterocycles. The molecule has 5 nitrogen and oxygen atoms in total. The molecule has 0 aliphatic carbocycles. The van der Waals surface area contributed by atoms with E-state index >= 15 is 0 Å². The van der Waals surface area contributed by atoms with Crippen molar-refractivity contribution in [2.24, 2.45) is 0 Å². The van der Waals surface area contributed by atoms with E-state index in [-0.39, 0.29) is 0 Å². The van der Waals surface area contributed by atoms with Gasteiger partial charge in [0, 0.05) is 32.2 Å². The second kappa shape index (κ2) is 5.02. The van der Waals surface area contributed by atoms with Crippen molar-refractivity contribution < 1.29 is 17.9 Å². The van der Waals surface area contributed by atoms with E-state index in [1.54, 1.807) is 12.1 Å². The number of para-hydroxylation sites is 1. The van der Waals surface area contributed by atoms with Crippen LogP contribution in [0.1, 0.15) is 12.8 Å². The van der Waals surface area contributed by atoms with E-state index in [9.17, 15) is 8.42 Å². The van der Waals surface area contributed by atoms with Crippen LogP contribution in [0.4, 0.5) is 5.69 Å². The first-order valence-corrected chi connectivity index (χ1v) is 8.71. The summed E-state index contributed by atoms with van der Waals surface area (Å²) in [5, 5.41) is 0. The van der Waals surface area contributed by atoms with Gasteiger partial charge in [0.1, 0.15) is 0 Å². The molecule has 2 aliphatic rings. The predicted octanol–water partition coefficient (Wildman–Crippen LogP) is 1.43. The minimum Gasteiger partial charge on any atom is -0.370 e. The van der Waals surface area contributed by atoms with Crippen LogP contribution < -0.4 is 4.90 Å². The molecule has 1 spiro atoms. The van der Waals surface area contributed by atoms with Gasteiger partial charge in [-0.25, -0.2) is 8.42 Å². The highest BCUT2D eigenvalue weighted by Gasteiger charge is 2.40. The molecule has 0 N–H and O–H groups in total. The Bertz CT molecular complexity index is 583. The predicted molar refractivity (Wildman–Crippen MR) is 75.6 cm³/mol. The third-order valence-corrected chi connectivity index (χ3v) is 5.09. The minimum absolute atomic E-state index is 0.393. The van der Waals surface area contributed by atoms with Gasteiger partial charge in [-0.1, -0.05) is 12.1 Å². The summed E-state index contributed by atoms with van der Waals surface area (Å²) in [4.78, 5) is 2.50. The van der Waals surface area contributed by atoms with E-state index in [1.807, 2.05) is 12.1 Å². The first kappa shape index (κ1) is 13.9. The zero-order valence-electron chi connectivity index (χ0n) is 11.5. The van der Waals surface area contributed by atoms with Gasteiger partial charge >= 0.3 is 0 Å². The molecule has 3 rings (SSSR count). The third kappa shape index (κ3) is 2.55. The van der Waals surface area contributed by atoms with Gasteiger partial charge in [-0.3, -0.25) is 0 Å². The highest BCUT2D eigenvalue weighted by atomic mass is 32.2. The molecule has 2 fully saturated rings. The van der Waals surface area contributed by atoms with Gasteiger partial charge in [0.05, 0.1) is 23.8 Å². The van der Waals surface area contributed by atoms with Crippen molar-refractivity contribution in [3.63, 3.8) is 0 Å². The number of hydrogen-bond acceptors (Lipinski definition) is 5. The highest BCUT2D eigenvalue weighted by molar-refractivity contribution is 7.90. The monoisotopic (exact) mass is 297 g/mol. The molecule has 1 aromatic rings. The number of piperidine rings is 1. The first-order chi connectivity index (χ1) is 9.50. The zero-order chi connectivity index (χ0) is 14.2. The minimum atomic E-state index is -3.21. The molecule has 2 heterocycles. The van der Waals surface area contributed by atoms with Crippen molar-refractivity contribution in [3.8, 4) is 0 Å². The summed E-state index contributed by atoms with van der Waals surface area (Å²) < 4.78 is 35.1. The topological polar surface area (TPSA) is 55.8 Å². The second-order valence-corrected chi connectivity index (χ2v) is 7.32. The quantitative estimate of drug-likeness (QED) is 0.826. The maximum Gasteiger partial charge on any atom is 0.177 e. The lowest BCUT2D eigenvalue weighted by Gasteiger charge is -2.39. The van der Waals surface area contributed by atoms with Crippen molar-refractivity contribution in [1.29, 1.82) is 0 Å². The molecule has 20 heavy (non-hydrogen) atoms. The molecule has 0 aromatic heterocycles. The van der Waals surface area contributed by atoms with Crippen molar-refractivity contribution in [1.82, 2.24) is 0 Å². The number of ether oxygens (including phenoxy) is 2. The van der Waals surface area contributed by atoms with Gasteiger partial charge in [-0.2, -0.15) is 0 Å². The maximum atomic E-state index is 11.9. The number of anilines is 1. The van der Waals surface area contributed by atoms with Crippen LogP contribution in [0.25, 0.3) is 0 Å². The van der Waals surface area contributed by atoms with Crippen LogP contribution in [0, 0.1) is 0 Å². The van der Waals surface area contributed by atoms with Crippen LogP contribution in [0.15, 0.2) is 29.2 Å². The van der Waals surface area contributed by atoms with E-state index in [1.165, 1.54) is 6.26 Å². The summed E-state index contributed by atoms with van der Waals surface area (Å²) in [6.07, 6.45) is 2.79. The van der Waals surface area contributed by atoms with Gasteiger partial charge in [-0.15, -0.1) is 0 Å². The van der Waals surface area contributed by atoms with Gasteiger partial charge < -0.3 is 14.4 Å². The standard InChI is InChI=1S/C14H19NO4S/c1-20(16,17)13-5-3-2-4-12(13)15-8-6-14(7-9-15)18-10-11-19-14/h2-5H,6-11H2,1H3. The Labute approximate surface area is 119 Å². The maximum absolute atomic E-state index is 11.9. The van der Waals surface area contributed by atoms with E-state index < -0.39 is 15.6 Å². The molecule has 0 radical (unpaired) electrons. The van der Waals surface area contributed by atoms with Gasteiger partial charge in [0.25, 0.3) is 0 Å². The molecule has 110 valence electrons. The summed E-state index contributed by atoms with van der Waals surface area (Å²) >= 11 is 0. The van der Waals surface area contributed by atoms with E-state index in [4.69, 9.17) is 9.47 Å². The molecule has 0 bridgehead atoms. The molecular weight excluding hydrogens is 278 g/mol. The van der Waals surface area contributed by atoms with Gasteiger partial charge in [0.2, 0.25) is 0 Å². The Kier molecular flexibility index (Phi) is 3.48. The summed E-state index contributed by atoms with van der Waals surface area (Å²) in [5.74, 6) is -0.434. The third-order valence-electron chi connectivity index (χ3n) is 3.94. The van der Waals surface area contributed by atoms with Gasteiger partial charge in [-0.05, 0) is 12.1 Å². The van der Waals surface area contributed by atoms with Crippen LogP contribution in [0.2, 0.25) is 0 Å². The zero-order valence-corrected chi connectivity index (χ0v) is 12.4. The lowest BCUT2D eigenvalue weighted by atomic mass is 10.0. The van der Waals surface area contributed by atoms with Crippen molar-refractivity contribution in [3.05, 3.63) is 24.3 Å². The van der Waals surface area contributed by atoms with Crippen LogP contribution in [0.3, 0.4) is 0 Å². The normalized spacial score (nSPS) is 22.4. The van der Waals surface area contributed by atoms with Crippen molar-refractivity contribution in [2.45, 2.75) is 23.5 Å². The Morgan fingerprint density at radius 3 is 2.30 bits per heavy atom. The Morgan fingerprint density at radius 1 is 1.10 bits per heavy atom. The fourth-order valence-electron chi connectivity index (χ4n) is 2.91. The summed E-state index contributed by atoms with van der Waals surface area (Å²) in [5.41, 5.74) is 0.780. The number of sulfone groups is 1. The van der Waals surface area contributed by atoms with Crippen molar-refractivity contribution >= 4 is 15.5 Å². The van der Waals surface area contributed by atoms with E-state index in [0.717, 1.165) is 31.6 Å². The first-order valence-electron chi connectivity index (χ1n) is 6.82. The Morgan fingerprint density at radius 2 is 1.70 bits per heavy atom. The molecule has 2 saturated heterocycles. The van der Waals surface area contributed by atoms with Crippen LogP contribution in [-0.4, -0.2) is 46.8 Å². The smallest absolute Gasteiger partial charge is 0.177 e. The molecule has 6 heteroatoms. The lowest BCUT2D eigenvalue weighted by molar-refractivity contribution is -0.169. The number of rotatable bonds is 2. The SMILES string of the molecule is CS(=O)(=O)c1ccccc1N1CCC2(CC1)OCCO2. The fraction of sp³-hybridized carbons (Fsp3) is 0.571. The molecule has 0 unspecified atom stereocenters. The lowest BCUT2D eigenvalue weighted by Crippen LogP contribution is -2.45. The van der Waals surface area contributed by atoms with E-state index in [2.05, 4.69) is 4.90 Å². The molecular formula is C14H19NO4S. The second-order valence-electron chi connectivity index (χ2n) is 5.33. The van der Waals surface area contributed by atoms with Crippen LogP contribution in [-0.2, 0) is 19.3 Å². The van der Waals surface area contributed by atoms with Crippen LogP contribution in [0.5, 0.6) is 0 Å². The largest absolute Gasteiger partial charge is 0.370 e. The average molecular weight is 297 g/mol. The van der Waals surface area contributed by atoms with Crippen molar-refractivity contribution in [2.75, 3.05) is 37.5 Å². The molecule has 0 atom stereocenters. The number of benzene rings is 1. The summed E-state index contributed by atoms with van der Waals surface area (Å²) in [7, 11) is -3.21. The van der Waals surface area contributed by atoms with Gasteiger partial charge in [0.15, 0.2) is 15.6 Å². The molecule has 1 aromatic carbocycles. The Hall–Kier alpha value is -1.11. The number of hydrogen-bond donors (Lipinski definition) is 0. The Balaban J connectivity index is 1.82. The van der Waals surface area contributed by atoms with Crippen LogP contribution >= 0.6 is 0 Å². The summed E-state index contributed by atoms with van der Waals surface area (Å²) in [6, 6.07) is 7.16. The average Bonchev–Trinajstić information content (AvgIpc) is 2.87. The highest BCUT2D eigenvalue weighted by Crippen LogP contribution is 2.35. The number of nitrogens with zero attached hydrogens (tertiary/aromatic N) is 1. The fourth-order valence-corrected chi connectivity index (χ4v) is 3.81. The summed E-state index contributed by atoms with van der Waals surface area (Å²) in [6.45, 7) is 2.79. The molecule has 0 amide bonds. The molecule has 0 saturated carbocycles. The van der Waals surface area contributed by atoms with E-state index in [0.29, 0.717) is 18.1 Å².